The van der Waals surface area contributed by atoms with E-state index in [1.165, 1.54) is 11.1 Å². The van der Waals surface area contributed by atoms with Gasteiger partial charge in [-0.15, -0.1) is 0 Å². The van der Waals surface area contributed by atoms with Crippen molar-refractivity contribution in [2.75, 3.05) is 13.2 Å². The van der Waals surface area contributed by atoms with Crippen molar-refractivity contribution in [2.24, 2.45) is 11.8 Å². The second-order valence-corrected chi connectivity index (χ2v) is 10.3. The van der Waals surface area contributed by atoms with E-state index in [1.807, 2.05) is 38.1 Å². The molecule has 0 unspecified atom stereocenters. The van der Waals surface area contributed by atoms with Crippen molar-refractivity contribution in [1.29, 1.82) is 0 Å². The van der Waals surface area contributed by atoms with Crippen LogP contribution in [0.1, 0.15) is 63.0 Å². The van der Waals surface area contributed by atoms with E-state index in [9.17, 15) is 14.4 Å². The van der Waals surface area contributed by atoms with Gasteiger partial charge in [0.15, 0.2) is 0 Å². The Morgan fingerprint density at radius 3 is 2.17 bits per heavy atom. The number of carbonyl (C=O) groups is 3. The molecule has 0 radical (unpaired) electrons. The fourth-order valence-electron chi connectivity index (χ4n) is 5.13. The molecule has 1 atom stereocenters. The summed E-state index contributed by atoms with van der Waals surface area (Å²) in [5, 5.41) is 14.9. The molecule has 2 aliphatic carbocycles. The molecule has 0 saturated heterocycles. The predicted octanol–water partition coefficient (Wildman–Crippen LogP) is 4.70. The molecule has 186 valence electrons. The molecule has 0 bridgehead atoms. The zero-order chi connectivity index (χ0) is 25.0. The van der Waals surface area contributed by atoms with Crippen molar-refractivity contribution in [3.63, 3.8) is 0 Å². The number of carboxylic acids is 1. The Kier molecular flexibility index (Phi) is 7.43. The van der Waals surface area contributed by atoms with Crippen LogP contribution in [0.25, 0.3) is 11.1 Å². The van der Waals surface area contributed by atoms with Gasteiger partial charge >= 0.3 is 12.1 Å². The van der Waals surface area contributed by atoms with Gasteiger partial charge in [-0.2, -0.15) is 0 Å². The summed E-state index contributed by atoms with van der Waals surface area (Å²) in [6, 6.07) is 16.4. The van der Waals surface area contributed by atoms with Crippen LogP contribution in [0.3, 0.4) is 0 Å². The summed E-state index contributed by atoms with van der Waals surface area (Å²) < 4.78 is 5.64. The molecular weight excluding hydrogens is 444 g/mol. The van der Waals surface area contributed by atoms with E-state index in [0.29, 0.717) is 12.5 Å². The van der Waals surface area contributed by atoms with Crippen LogP contribution >= 0.6 is 0 Å². The first kappa shape index (κ1) is 24.8. The van der Waals surface area contributed by atoms with E-state index in [2.05, 4.69) is 34.9 Å². The lowest BCUT2D eigenvalue weighted by molar-refractivity contribution is -0.138. The van der Waals surface area contributed by atoms with Crippen LogP contribution in [-0.4, -0.2) is 41.8 Å². The summed E-state index contributed by atoms with van der Waals surface area (Å²) in [5.74, 6) is -0.817. The zero-order valence-corrected chi connectivity index (χ0v) is 20.4. The highest BCUT2D eigenvalue weighted by atomic mass is 16.5. The maximum absolute atomic E-state index is 12.6. The first-order valence-corrected chi connectivity index (χ1v) is 12.4. The van der Waals surface area contributed by atoms with Crippen LogP contribution in [0.15, 0.2) is 48.5 Å². The van der Waals surface area contributed by atoms with E-state index in [4.69, 9.17) is 9.84 Å². The molecule has 35 heavy (non-hydrogen) atoms. The summed E-state index contributed by atoms with van der Waals surface area (Å²) in [6.45, 7) is 4.63. The molecule has 4 rings (SSSR count). The topological polar surface area (TPSA) is 105 Å². The molecular formula is C28H34N2O5. The highest BCUT2D eigenvalue weighted by Gasteiger charge is 2.46. The van der Waals surface area contributed by atoms with Crippen molar-refractivity contribution in [1.82, 2.24) is 10.6 Å². The van der Waals surface area contributed by atoms with E-state index in [-0.39, 0.29) is 37.2 Å². The first-order chi connectivity index (χ1) is 16.8. The SMILES string of the molecule is CC(C)C[C@H](CNC(=O)CC1(NC(=O)OCC2c3ccccc3-c3ccccc32)CC1)CC(=O)O. The molecule has 7 nitrogen and oxygen atoms in total. The highest BCUT2D eigenvalue weighted by Crippen LogP contribution is 2.44. The number of aliphatic carboxylic acids is 1. The van der Waals surface area contributed by atoms with Crippen LogP contribution in [0, 0.1) is 11.8 Å². The standard InChI is InChI=1S/C28H34N2O5/c1-18(2)13-19(14-26(32)33)16-29-25(31)15-28(11-12-28)30-27(34)35-17-24-22-9-5-3-7-20(22)21-8-4-6-10-23(21)24/h3-10,18-19,24H,11-17H2,1-2H3,(H,29,31)(H,30,34)(H,32,33)/t19-/m0/s1. The molecule has 7 heteroatoms. The van der Waals surface area contributed by atoms with Gasteiger partial charge < -0.3 is 20.5 Å². The number of ether oxygens (including phenoxy) is 1. The number of nitrogens with one attached hydrogen (secondary N) is 2. The summed E-state index contributed by atoms with van der Waals surface area (Å²) in [6.07, 6.45) is 1.85. The van der Waals surface area contributed by atoms with E-state index < -0.39 is 17.6 Å². The molecule has 2 amide bonds. The van der Waals surface area contributed by atoms with Gasteiger partial charge in [-0.1, -0.05) is 62.4 Å². The number of carboxylic acid groups (broad SMARTS) is 1. The van der Waals surface area contributed by atoms with Crippen LogP contribution in [0.2, 0.25) is 0 Å². The fraction of sp³-hybridized carbons (Fsp3) is 0.464. The number of alkyl carbamates (subject to hydrolysis) is 1. The van der Waals surface area contributed by atoms with E-state index in [0.717, 1.165) is 30.4 Å². The molecule has 0 heterocycles. The minimum atomic E-state index is -0.861. The van der Waals surface area contributed by atoms with Crippen LogP contribution in [0.5, 0.6) is 0 Å². The largest absolute Gasteiger partial charge is 0.481 e. The Labute approximate surface area is 206 Å². The van der Waals surface area contributed by atoms with Crippen LogP contribution in [0.4, 0.5) is 4.79 Å². The lowest BCUT2D eigenvalue weighted by Gasteiger charge is -2.21. The maximum atomic E-state index is 12.6. The van der Waals surface area contributed by atoms with Crippen molar-refractivity contribution in [3.05, 3.63) is 59.7 Å². The Hall–Kier alpha value is -3.35. The molecule has 2 aromatic rings. The Balaban J connectivity index is 1.28. The lowest BCUT2D eigenvalue weighted by atomic mass is 9.94. The van der Waals surface area contributed by atoms with Gasteiger partial charge in [-0.25, -0.2) is 4.79 Å². The smallest absolute Gasteiger partial charge is 0.407 e. The minimum Gasteiger partial charge on any atom is -0.481 e. The number of hydrogen-bond donors (Lipinski definition) is 3. The molecule has 0 aliphatic heterocycles. The number of carbonyl (C=O) groups excluding carboxylic acids is 2. The fourth-order valence-corrected chi connectivity index (χ4v) is 5.13. The van der Waals surface area contributed by atoms with Gasteiger partial charge in [0.2, 0.25) is 5.91 Å². The lowest BCUT2D eigenvalue weighted by Crippen LogP contribution is -2.42. The van der Waals surface area contributed by atoms with Crippen molar-refractivity contribution in [2.45, 2.75) is 57.4 Å². The summed E-state index contributed by atoms with van der Waals surface area (Å²) in [5.41, 5.74) is 4.07. The normalized spacial score (nSPS) is 16.2. The third-order valence-corrected chi connectivity index (χ3v) is 6.92. The van der Waals surface area contributed by atoms with Crippen molar-refractivity contribution >= 4 is 18.0 Å². The number of hydrogen-bond acceptors (Lipinski definition) is 4. The maximum Gasteiger partial charge on any atom is 0.407 e. The number of fused-ring (bicyclic) bond motifs is 3. The van der Waals surface area contributed by atoms with Crippen LogP contribution in [-0.2, 0) is 14.3 Å². The average molecular weight is 479 g/mol. The van der Waals surface area contributed by atoms with Crippen molar-refractivity contribution < 1.29 is 24.2 Å². The second-order valence-electron chi connectivity index (χ2n) is 10.3. The Morgan fingerprint density at radius 1 is 1.03 bits per heavy atom. The number of amides is 2. The van der Waals surface area contributed by atoms with E-state index >= 15 is 0 Å². The van der Waals surface area contributed by atoms with Gasteiger partial charge in [-0.3, -0.25) is 9.59 Å². The summed E-state index contributed by atoms with van der Waals surface area (Å²) >= 11 is 0. The molecule has 0 aromatic heterocycles. The van der Waals surface area contributed by atoms with Gasteiger partial charge in [0, 0.05) is 25.3 Å². The molecule has 2 aliphatic rings. The van der Waals surface area contributed by atoms with Crippen LogP contribution < -0.4 is 10.6 Å². The average Bonchev–Trinajstić information content (AvgIpc) is 3.47. The number of benzene rings is 2. The van der Waals surface area contributed by atoms with Crippen molar-refractivity contribution in [3.8, 4) is 11.1 Å². The monoisotopic (exact) mass is 478 g/mol. The van der Waals surface area contributed by atoms with Gasteiger partial charge in [-0.05, 0) is 53.4 Å². The summed E-state index contributed by atoms with van der Waals surface area (Å²) in [7, 11) is 0. The molecule has 2 aromatic carbocycles. The first-order valence-electron chi connectivity index (χ1n) is 12.4. The third kappa shape index (κ3) is 6.21. The molecule has 1 fully saturated rings. The second kappa shape index (κ2) is 10.5. The van der Waals surface area contributed by atoms with Gasteiger partial charge in [0.05, 0.1) is 5.54 Å². The van der Waals surface area contributed by atoms with Gasteiger partial charge in [0.25, 0.3) is 0 Å². The highest BCUT2D eigenvalue weighted by molar-refractivity contribution is 5.80. The molecule has 1 saturated carbocycles. The Morgan fingerprint density at radius 2 is 1.63 bits per heavy atom. The quantitative estimate of drug-likeness (QED) is 0.434. The molecule has 3 N–H and O–H groups in total. The minimum absolute atomic E-state index is 0.0151. The van der Waals surface area contributed by atoms with Gasteiger partial charge in [0.1, 0.15) is 6.61 Å². The molecule has 0 spiro atoms. The third-order valence-electron chi connectivity index (χ3n) is 6.92. The summed E-state index contributed by atoms with van der Waals surface area (Å²) in [4.78, 5) is 36.3. The Bertz CT molecular complexity index is 1050. The van der Waals surface area contributed by atoms with E-state index in [1.54, 1.807) is 0 Å². The zero-order valence-electron chi connectivity index (χ0n) is 20.4. The number of rotatable bonds is 11. The predicted molar refractivity (Wildman–Crippen MR) is 133 cm³/mol.